The zero-order chi connectivity index (χ0) is 11.9. The molecule has 0 aliphatic heterocycles. The Morgan fingerprint density at radius 2 is 1.87 bits per heavy atom. The van der Waals surface area contributed by atoms with Crippen LogP contribution in [0.15, 0.2) is 18.3 Å². The fraction of sp³-hybridized carbons (Fsp3) is 0.615. The van der Waals surface area contributed by atoms with E-state index in [4.69, 9.17) is 4.74 Å². The highest BCUT2D eigenvalue weighted by atomic mass is 16.5. The Hall–Kier alpha value is -1.05. The first-order valence-corrected chi connectivity index (χ1v) is 5.53. The molecule has 1 aromatic rings. The van der Waals surface area contributed by atoms with Crippen LogP contribution in [-0.2, 0) is 0 Å². The molecule has 1 heterocycles. The summed E-state index contributed by atoms with van der Waals surface area (Å²) in [4.78, 5) is 4.15. The number of nitrogens with zero attached hydrogens (tertiary/aromatic N) is 1. The molecule has 0 atom stereocenters. The highest BCUT2D eigenvalue weighted by Crippen LogP contribution is 2.19. The quantitative estimate of drug-likeness (QED) is 0.738. The van der Waals surface area contributed by atoms with Crippen LogP contribution in [0.5, 0.6) is 5.75 Å². The normalized spacial score (nSPS) is 10.3. The molecule has 15 heavy (non-hydrogen) atoms. The van der Waals surface area contributed by atoms with E-state index in [9.17, 15) is 0 Å². The number of ether oxygens (including phenoxy) is 1. The Morgan fingerprint density at radius 1 is 1.27 bits per heavy atom. The van der Waals surface area contributed by atoms with E-state index in [0.29, 0.717) is 0 Å². The van der Waals surface area contributed by atoms with Crippen molar-refractivity contribution in [3.8, 4) is 5.75 Å². The molecule has 0 saturated heterocycles. The van der Waals surface area contributed by atoms with Crippen molar-refractivity contribution in [2.24, 2.45) is 5.41 Å². The monoisotopic (exact) mass is 209 g/mol. The van der Waals surface area contributed by atoms with Crippen molar-refractivity contribution in [1.82, 2.24) is 4.98 Å². The van der Waals surface area contributed by atoms with Gasteiger partial charge in [0.25, 0.3) is 0 Å². The molecule has 2 heteroatoms. The molecule has 0 aromatic carbocycles. The van der Waals surface area contributed by atoms with Crippen LogP contribution >= 0.6 is 0 Å². The van der Waals surface area contributed by atoms with Crippen LogP contribution in [0.1, 0.15) is 40.3 Å². The molecule has 0 aliphatic carbocycles. The summed E-state index contributed by atoms with van der Waals surface area (Å²) in [6, 6.07) is 3.85. The molecular formula is C13H23NO. The number of rotatable bonds is 2. The Labute approximate surface area is 93.7 Å². The number of aryl methyl sites for hydroxylation is 1. The number of pyridine rings is 1. The smallest absolute Gasteiger partial charge is 0.140 e. The maximum Gasteiger partial charge on any atom is 0.140 e. The van der Waals surface area contributed by atoms with Crippen molar-refractivity contribution >= 4 is 0 Å². The zero-order valence-electron chi connectivity index (χ0n) is 10.8. The Bertz CT molecular complexity index is 276. The third-order valence-corrected chi connectivity index (χ3v) is 1.62. The van der Waals surface area contributed by atoms with Gasteiger partial charge in [-0.2, -0.15) is 0 Å². The molecule has 0 fully saturated rings. The summed E-state index contributed by atoms with van der Waals surface area (Å²) in [5.41, 5.74) is 1.15. The molecule has 1 rings (SSSR count). The zero-order valence-corrected chi connectivity index (χ0v) is 10.8. The van der Waals surface area contributed by atoms with E-state index in [2.05, 4.69) is 25.8 Å². The molecule has 0 aliphatic rings. The van der Waals surface area contributed by atoms with E-state index in [0.717, 1.165) is 18.1 Å². The second-order valence-corrected chi connectivity index (χ2v) is 4.44. The molecule has 1 aromatic heterocycles. The second-order valence-electron chi connectivity index (χ2n) is 4.44. The van der Waals surface area contributed by atoms with Gasteiger partial charge in [0.05, 0.1) is 12.3 Å². The lowest BCUT2D eigenvalue weighted by Crippen LogP contribution is -2.17. The Kier molecular flexibility index (Phi) is 5.99. The molecule has 0 bridgehead atoms. The molecule has 86 valence electrons. The first-order valence-electron chi connectivity index (χ1n) is 5.53. The van der Waals surface area contributed by atoms with Gasteiger partial charge in [0.15, 0.2) is 0 Å². The van der Waals surface area contributed by atoms with Crippen LogP contribution in [-0.4, -0.2) is 11.6 Å². The summed E-state index contributed by atoms with van der Waals surface area (Å²) in [7, 11) is 0. The molecule has 0 unspecified atom stereocenters. The lowest BCUT2D eigenvalue weighted by Gasteiger charge is -2.19. The minimum atomic E-state index is 0.197. The minimum absolute atomic E-state index is 0.197. The third kappa shape index (κ3) is 6.10. The van der Waals surface area contributed by atoms with Crippen LogP contribution in [0.25, 0.3) is 0 Å². The second kappa shape index (κ2) is 6.44. The maximum absolute atomic E-state index is 5.64. The van der Waals surface area contributed by atoms with Crippen molar-refractivity contribution in [3.05, 3.63) is 24.0 Å². The third-order valence-electron chi connectivity index (χ3n) is 1.62. The van der Waals surface area contributed by atoms with E-state index in [-0.39, 0.29) is 5.41 Å². The van der Waals surface area contributed by atoms with Crippen molar-refractivity contribution < 1.29 is 4.74 Å². The van der Waals surface area contributed by atoms with Gasteiger partial charge in [0.1, 0.15) is 5.75 Å². The van der Waals surface area contributed by atoms with Gasteiger partial charge in [0, 0.05) is 6.20 Å². The summed E-state index contributed by atoms with van der Waals surface area (Å²) in [5.74, 6) is 0.887. The summed E-state index contributed by atoms with van der Waals surface area (Å²) >= 11 is 0. The van der Waals surface area contributed by atoms with Crippen LogP contribution < -0.4 is 4.74 Å². The molecule has 0 spiro atoms. The van der Waals surface area contributed by atoms with Gasteiger partial charge in [-0.05, 0) is 24.5 Å². The molecule has 0 N–H and O–H groups in total. The Balaban J connectivity index is 0.000000921. The van der Waals surface area contributed by atoms with E-state index in [1.807, 2.05) is 32.9 Å². The summed E-state index contributed by atoms with van der Waals surface area (Å²) in [5, 5.41) is 0. The Morgan fingerprint density at radius 3 is 2.33 bits per heavy atom. The highest BCUT2D eigenvalue weighted by molar-refractivity contribution is 5.25. The van der Waals surface area contributed by atoms with Crippen LogP contribution in [0.2, 0.25) is 0 Å². The first-order chi connectivity index (χ1) is 6.99. The van der Waals surface area contributed by atoms with Crippen molar-refractivity contribution in [1.29, 1.82) is 0 Å². The predicted molar refractivity (Wildman–Crippen MR) is 65.3 cm³/mol. The fourth-order valence-corrected chi connectivity index (χ4v) is 0.916. The van der Waals surface area contributed by atoms with E-state index < -0.39 is 0 Å². The van der Waals surface area contributed by atoms with Crippen LogP contribution in [0.3, 0.4) is 0 Å². The van der Waals surface area contributed by atoms with Gasteiger partial charge < -0.3 is 4.74 Å². The molecule has 2 nitrogen and oxygen atoms in total. The van der Waals surface area contributed by atoms with Crippen molar-refractivity contribution in [2.75, 3.05) is 6.61 Å². The predicted octanol–water partition coefficient (Wildman–Crippen LogP) is 3.84. The number of aromatic nitrogens is 1. The minimum Gasteiger partial charge on any atom is -0.491 e. The fourth-order valence-electron chi connectivity index (χ4n) is 0.916. The number of hydrogen-bond donors (Lipinski definition) is 0. The highest BCUT2D eigenvalue weighted by Gasteiger charge is 2.11. The molecule has 0 radical (unpaired) electrons. The average Bonchev–Trinajstić information content (AvgIpc) is 2.18. The van der Waals surface area contributed by atoms with Crippen LogP contribution in [0.4, 0.5) is 0 Å². The first kappa shape index (κ1) is 13.9. The lowest BCUT2D eigenvalue weighted by atomic mass is 9.99. The molecule has 0 saturated carbocycles. The van der Waals surface area contributed by atoms with Gasteiger partial charge in [-0.15, -0.1) is 0 Å². The van der Waals surface area contributed by atoms with Crippen molar-refractivity contribution in [3.63, 3.8) is 0 Å². The van der Waals surface area contributed by atoms with Gasteiger partial charge in [-0.3, -0.25) is 4.98 Å². The van der Waals surface area contributed by atoms with Gasteiger partial charge in [0.2, 0.25) is 0 Å². The van der Waals surface area contributed by atoms with Crippen LogP contribution in [0, 0.1) is 12.3 Å². The number of hydrogen-bond acceptors (Lipinski definition) is 2. The van der Waals surface area contributed by atoms with E-state index in [1.165, 1.54) is 0 Å². The standard InChI is InChI=1S/C11H17NO.C2H6/c1-9-10(6-5-7-12-9)13-8-11(2,3)4;1-2/h5-7H,8H2,1-4H3;1-2H3. The maximum atomic E-state index is 5.64. The van der Waals surface area contributed by atoms with Crippen molar-refractivity contribution in [2.45, 2.75) is 41.5 Å². The SMILES string of the molecule is CC.Cc1ncccc1OCC(C)(C)C. The lowest BCUT2D eigenvalue weighted by molar-refractivity contribution is 0.196. The average molecular weight is 209 g/mol. The summed E-state index contributed by atoms with van der Waals surface area (Å²) in [6.45, 7) is 13.1. The van der Waals surface area contributed by atoms with Gasteiger partial charge in [-0.1, -0.05) is 34.6 Å². The van der Waals surface area contributed by atoms with E-state index >= 15 is 0 Å². The van der Waals surface area contributed by atoms with Gasteiger partial charge >= 0.3 is 0 Å². The molecule has 0 amide bonds. The van der Waals surface area contributed by atoms with Gasteiger partial charge in [-0.25, -0.2) is 0 Å². The topological polar surface area (TPSA) is 22.1 Å². The summed E-state index contributed by atoms with van der Waals surface area (Å²) < 4.78 is 5.64. The summed E-state index contributed by atoms with van der Waals surface area (Å²) in [6.07, 6.45) is 1.78. The van der Waals surface area contributed by atoms with E-state index in [1.54, 1.807) is 6.20 Å². The largest absolute Gasteiger partial charge is 0.491 e. The molecular weight excluding hydrogens is 186 g/mol.